The number of halogens is 2. The number of primary sulfonamides is 1. The van der Waals surface area contributed by atoms with Crippen molar-refractivity contribution in [2.75, 3.05) is 12.4 Å². The molecule has 2 N–H and O–H groups in total. The predicted octanol–water partition coefficient (Wildman–Crippen LogP) is 2.81. The monoisotopic (exact) mass is 323 g/mol. The highest BCUT2D eigenvalue weighted by Crippen LogP contribution is 2.29. The van der Waals surface area contributed by atoms with E-state index in [-0.39, 0.29) is 34.5 Å². The summed E-state index contributed by atoms with van der Waals surface area (Å²) < 4.78 is 41.6. The fourth-order valence-corrected chi connectivity index (χ4v) is 2.94. The minimum Gasteiger partial charge on any atom is -0.490 e. The third kappa shape index (κ3) is 5.26. The summed E-state index contributed by atoms with van der Waals surface area (Å²) in [4.78, 5) is 0. The molecule has 0 aliphatic carbocycles. The topological polar surface area (TPSA) is 69.4 Å². The van der Waals surface area contributed by atoms with Crippen LogP contribution in [0, 0.1) is 17.2 Å². The molecule has 0 spiro atoms. The van der Waals surface area contributed by atoms with E-state index in [1.54, 1.807) is 6.07 Å². The van der Waals surface area contributed by atoms with Crippen LogP contribution in [0.2, 0.25) is 5.02 Å². The van der Waals surface area contributed by atoms with Crippen molar-refractivity contribution in [3.05, 3.63) is 29.0 Å². The van der Waals surface area contributed by atoms with Gasteiger partial charge in [-0.15, -0.1) is 0 Å². The van der Waals surface area contributed by atoms with E-state index in [9.17, 15) is 12.8 Å². The van der Waals surface area contributed by atoms with Gasteiger partial charge in [-0.2, -0.15) is 0 Å². The molecule has 0 heterocycles. The van der Waals surface area contributed by atoms with Crippen molar-refractivity contribution in [2.24, 2.45) is 16.5 Å². The highest BCUT2D eigenvalue weighted by atomic mass is 35.5. The van der Waals surface area contributed by atoms with E-state index in [0.29, 0.717) is 0 Å². The molecule has 0 radical (unpaired) electrons. The van der Waals surface area contributed by atoms with Crippen LogP contribution >= 0.6 is 11.6 Å². The van der Waals surface area contributed by atoms with Gasteiger partial charge >= 0.3 is 0 Å². The zero-order valence-electron chi connectivity index (χ0n) is 11.7. The maximum absolute atomic E-state index is 13.7. The highest BCUT2D eigenvalue weighted by Gasteiger charge is 2.29. The van der Waals surface area contributed by atoms with Crippen LogP contribution < -0.4 is 9.88 Å². The lowest BCUT2D eigenvalue weighted by atomic mass is 9.82. The highest BCUT2D eigenvalue weighted by molar-refractivity contribution is 7.89. The van der Waals surface area contributed by atoms with Crippen LogP contribution in [0.15, 0.2) is 18.2 Å². The summed E-state index contributed by atoms with van der Waals surface area (Å²) in [7, 11) is -3.63. The van der Waals surface area contributed by atoms with E-state index in [2.05, 4.69) is 0 Å². The molecule has 0 amide bonds. The minimum absolute atomic E-state index is 0.00108. The summed E-state index contributed by atoms with van der Waals surface area (Å²) >= 11 is 5.65. The van der Waals surface area contributed by atoms with Gasteiger partial charge in [0.2, 0.25) is 10.0 Å². The average Bonchev–Trinajstić information content (AvgIpc) is 2.26. The van der Waals surface area contributed by atoms with Gasteiger partial charge in [-0.25, -0.2) is 17.9 Å². The predicted molar refractivity (Wildman–Crippen MR) is 77.8 cm³/mol. The second-order valence-electron chi connectivity index (χ2n) is 5.76. The molecule has 7 heteroatoms. The maximum atomic E-state index is 13.7. The Morgan fingerprint density at radius 1 is 1.40 bits per heavy atom. The van der Waals surface area contributed by atoms with Crippen LogP contribution in [0.5, 0.6) is 5.75 Å². The standard InChI is InChI=1S/C13H19ClFNO3S/c1-13(2,3)9(8-20(16,17)18)7-19-11-6-4-5-10(14)12(11)15/h4-6,9H,7-8H2,1-3H3,(H2,16,17,18). The van der Waals surface area contributed by atoms with Gasteiger partial charge in [-0.05, 0) is 17.5 Å². The third-order valence-corrected chi connectivity index (χ3v) is 4.17. The van der Waals surface area contributed by atoms with E-state index in [4.69, 9.17) is 21.5 Å². The van der Waals surface area contributed by atoms with Crippen molar-refractivity contribution in [1.82, 2.24) is 0 Å². The fraction of sp³-hybridized carbons (Fsp3) is 0.538. The van der Waals surface area contributed by atoms with E-state index in [0.717, 1.165) is 0 Å². The molecule has 20 heavy (non-hydrogen) atoms. The maximum Gasteiger partial charge on any atom is 0.209 e. The normalized spacial score (nSPS) is 14.1. The molecule has 0 aromatic heterocycles. The van der Waals surface area contributed by atoms with Crippen LogP contribution in [0.25, 0.3) is 0 Å². The minimum atomic E-state index is -3.63. The van der Waals surface area contributed by atoms with Gasteiger partial charge in [0.05, 0.1) is 17.4 Å². The molecule has 0 bridgehead atoms. The Kier molecular flexibility index (Phi) is 5.40. The Bertz CT molecular complexity index is 569. The second kappa shape index (κ2) is 6.28. The van der Waals surface area contributed by atoms with Gasteiger partial charge in [0.15, 0.2) is 11.6 Å². The summed E-state index contributed by atoms with van der Waals surface area (Å²) in [6.07, 6.45) is 0. The first-order chi connectivity index (χ1) is 9.00. The van der Waals surface area contributed by atoms with Crippen LogP contribution in [0.1, 0.15) is 20.8 Å². The van der Waals surface area contributed by atoms with Gasteiger partial charge in [0.25, 0.3) is 0 Å². The van der Waals surface area contributed by atoms with Crippen LogP contribution in [-0.2, 0) is 10.0 Å². The molecule has 4 nitrogen and oxygen atoms in total. The lowest BCUT2D eigenvalue weighted by Gasteiger charge is -2.29. The van der Waals surface area contributed by atoms with Gasteiger partial charge in [0.1, 0.15) is 0 Å². The van der Waals surface area contributed by atoms with E-state index >= 15 is 0 Å². The summed E-state index contributed by atoms with van der Waals surface area (Å²) in [5.41, 5.74) is -0.346. The molecule has 0 saturated heterocycles. The first kappa shape index (κ1) is 17.2. The van der Waals surface area contributed by atoms with Crippen LogP contribution in [0.3, 0.4) is 0 Å². The third-order valence-electron chi connectivity index (χ3n) is 3.01. The Hall–Kier alpha value is -0.850. The van der Waals surface area contributed by atoms with Crippen molar-refractivity contribution >= 4 is 21.6 Å². The number of ether oxygens (including phenoxy) is 1. The van der Waals surface area contributed by atoms with Gasteiger partial charge < -0.3 is 4.74 Å². The molecule has 1 rings (SSSR count). The number of hydrogen-bond donors (Lipinski definition) is 1. The molecule has 1 atom stereocenters. The summed E-state index contributed by atoms with van der Waals surface area (Å²) in [5, 5.41) is 5.04. The van der Waals surface area contributed by atoms with Gasteiger partial charge in [-0.1, -0.05) is 38.4 Å². The Morgan fingerprint density at radius 3 is 2.50 bits per heavy atom. The molecule has 0 saturated carbocycles. The fourth-order valence-electron chi connectivity index (χ4n) is 1.61. The zero-order chi connectivity index (χ0) is 15.6. The molecule has 0 aliphatic rings. The first-order valence-electron chi connectivity index (χ1n) is 6.08. The smallest absolute Gasteiger partial charge is 0.209 e. The molecule has 0 fully saturated rings. The van der Waals surface area contributed by atoms with E-state index in [1.807, 2.05) is 20.8 Å². The Labute approximate surface area is 124 Å². The van der Waals surface area contributed by atoms with Crippen molar-refractivity contribution in [3.63, 3.8) is 0 Å². The van der Waals surface area contributed by atoms with Gasteiger partial charge in [-0.3, -0.25) is 0 Å². The molecule has 0 aliphatic heterocycles. The zero-order valence-corrected chi connectivity index (χ0v) is 13.3. The molecule has 1 unspecified atom stereocenters. The summed E-state index contributed by atoms with van der Waals surface area (Å²) in [6, 6.07) is 4.42. The lowest BCUT2D eigenvalue weighted by molar-refractivity contribution is 0.159. The number of sulfonamides is 1. The molecular weight excluding hydrogens is 305 g/mol. The SMILES string of the molecule is CC(C)(C)C(COc1cccc(Cl)c1F)CS(N)(=O)=O. The van der Waals surface area contributed by atoms with Crippen LogP contribution in [-0.4, -0.2) is 20.8 Å². The van der Waals surface area contributed by atoms with Crippen molar-refractivity contribution in [2.45, 2.75) is 20.8 Å². The van der Waals surface area contributed by atoms with Crippen molar-refractivity contribution in [1.29, 1.82) is 0 Å². The van der Waals surface area contributed by atoms with Crippen molar-refractivity contribution < 1.29 is 17.5 Å². The second-order valence-corrected chi connectivity index (χ2v) is 7.82. The lowest BCUT2D eigenvalue weighted by Crippen LogP contribution is -2.35. The molecule has 1 aromatic carbocycles. The molecule has 1 aromatic rings. The number of benzene rings is 1. The number of hydrogen-bond acceptors (Lipinski definition) is 3. The van der Waals surface area contributed by atoms with Gasteiger partial charge in [0, 0.05) is 5.92 Å². The number of nitrogens with two attached hydrogens (primary N) is 1. The number of rotatable bonds is 5. The van der Waals surface area contributed by atoms with Crippen LogP contribution in [0.4, 0.5) is 4.39 Å². The summed E-state index contributed by atoms with van der Waals surface area (Å²) in [5.74, 6) is -1.24. The average molecular weight is 324 g/mol. The van der Waals surface area contributed by atoms with E-state index in [1.165, 1.54) is 12.1 Å². The summed E-state index contributed by atoms with van der Waals surface area (Å²) in [6.45, 7) is 5.67. The Balaban J connectivity index is 2.84. The Morgan fingerprint density at radius 2 is 2.00 bits per heavy atom. The van der Waals surface area contributed by atoms with E-state index < -0.39 is 15.8 Å². The molecular formula is C13H19ClFNO3S. The molecule has 114 valence electrons. The largest absolute Gasteiger partial charge is 0.490 e. The van der Waals surface area contributed by atoms with Crippen molar-refractivity contribution in [3.8, 4) is 5.75 Å². The quantitative estimate of drug-likeness (QED) is 0.905. The first-order valence-corrected chi connectivity index (χ1v) is 8.17.